The first-order valence-electron chi connectivity index (χ1n) is 11.0. The summed E-state index contributed by atoms with van der Waals surface area (Å²) in [6.45, 7) is 1.96. The van der Waals surface area contributed by atoms with E-state index < -0.39 is 14.9 Å². The summed E-state index contributed by atoms with van der Waals surface area (Å²) in [7, 11) is -3.94. The van der Waals surface area contributed by atoms with Crippen molar-refractivity contribution < 1.29 is 32.0 Å². The van der Waals surface area contributed by atoms with Crippen LogP contribution < -0.4 is 9.46 Å². The van der Waals surface area contributed by atoms with Crippen molar-refractivity contribution >= 4 is 49.2 Å². The number of carbonyl (C=O) groups excluding carboxylic acids is 1. The Morgan fingerprint density at radius 2 is 1.75 bits per heavy atom. The molecule has 0 aliphatic carbocycles. The summed E-state index contributed by atoms with van der Waals surface area (Å²) in [4.78, 5) is 24.4. The Hall–Kier alpha value is -4.16. The number of furan rings is 1. The molecule has 5 rings (SSSR count). The number of hydrogen-bond donors (Lipinski definition) is 1. The molecule has 3 aromatic carbocycles. The van der Waals surface area contributed by atoms with Gasteiger partial charge in [0.1, 0.15) is 16.9 Å². The molecule has 1 aliphatic rings. The molecule has 1 aromatic heterocycles. The highest BCUT2D eigenvalue weighted by Gasteiger charge is 2.19. The molecule has 0 saturated carbocycles. The van der Waals surface area contributed by atoms with Crippen molar-refractivity contribution in [3.05, 3.63) is 70.8 Å². The quantitative estimate of drug-likeness (QED) is 0.293. The molecule has 0 unspecified atom stereocenters. The molecule has 0 radical (unpaired) electrons. The van der Waals surface area contributed by atoms with E-state index in [4.69, 9.17) is 13.9 Å². The van der Waals surface area contributed by atoms with Crippen molar-refractivity contribution in [3.63, 3.8) is 0 Å². The van der Waals surface area contributed by atoms with Crippen LogP contribution in [0.3, 0.4) is 0 Å². The summed E-state index contributed by atoms with van der Waals surface area (Å²) in [5, 5.41) is 12.1. The van der Waals surface area contributed by atoms with Crippen LogP contribution in [0.2, 0.25) is 0 Å². The lowest BCUT2D eigenvalue weighted by molar-refractivity contribution is -0.384. The number of nitrogens with one attached hydrogen (secondary N) is 1. The summed E-state index contributed by atoms with van der Waals surface area (Å²) < 4.78 is 44.9. The number of non-ortho nitro benzene ring substituents is 1. The molecular formula is C24H21N3O8S. The van der Waals surface area contributed by atoms with Gasteiger partial charge in [-0.25, -0.2) is 8.42 Å². The van der Waals surface area contributed by atoms with Gasteiger partial charge in [0.15, 0.2) is 6.61 Å². The van der Waals surface area contributed by atoms with Gasteiger partial charge in [0.25, 0.3) is 21.6 Å². The zero-order valence-corrected chi connectivity index (χ0v) is 19.7. The zero-order valence-electron chi connectivity index (χ0n) is 18.9. The minimum atomic E-state index is -3.94. The first kappa shape index (κ1) is 23.6. The number of morpholine rings is 1. The maximum absolute atomic E-state index is 13.0. The van der Waals surface area contributed by atoms with Gasteiger partial charge in [-0.1, -0.05) is 0 Å². The van der Waals surface area contributed by atoms with Crippen LogP contribution >= 0.6 is 0 Å². The second-order valence-corrected chi connectivity index (χ2v) is 9.79. The molecule has 2 heterocycles. The lowest BCUT2D eigenvalue weighted by atomic mass is 10.1. The van der Waals surface area contributed by atoms with Crippen LogP contribution in [0.15, 0.2) is 70.0 Å². The Morgan fingerprint density at radius 3 is 2.47 bits per heavy atom. The number of hydrogen-bond acceptors (Lipinski definition) is 8. The second-order valence-electron chi connectivity index (χ2n) is 8.11. The number of amides is 1. The molecule has 4 aromatic rings. The summed E-state index contributed by atoms with van der Waals surface area (Å²) in [6.07, 6.45) is 0. The Balaban J connectivity index is 1.29. The van der Waals surface area contributed by atoms with Gasteiger partial charge in [-0.05, 0) is 48.5 Å². The predicted molar refractivity (Wildman–Crippen MR) is 131 cm³/mol. The van der Waals surface area contributed by atoms with E-state index in [0.29, 0.717) is 59.7 Å². The fourth-order valence-corrected chi connectivity index (χ4v) is 4.99. The summed E-state index contributed by atoms with van der Waals surface area (Å²) in [5.41, 5.74) is 0.908. The smallest absolute Gasteiger partial charge is 0.273 e. The topological polar surface area (TPSA) is 141 Å². The highest BCUT2D eigenvalue weighted by molar-refractivity contribution is 7.92. The number of benzene rings is 3. The number of anilines is 1. The number of carbonyl (C=O) groups is 1. The van der Waals surface area contributed by atoms with Gasteiger partial charge >= 0.3 is 0 Å². The monoisotopic (exact) mass is 511 g/mol. The molecule has 0 spiro atoms. The first-order chi connectivity index (χ1) is 17.3. The molecule has 0 atom stereocenters. The maximum atomic E-state index is 13.0. The van der Waals surface area contributed by atoms with Crippen LogP contribution in [0, 0.1) is 10.1 Å². The highest BCUT2D eigenvalue weighted by Crippen LogP contribution is 2.33. The number of fused-ring (bicyclic) bond motifs is 3. The number of nitro groups is 1. The van der Waals surface area contributed by atoms with E-state index >= 15 is 0 Å². The third-order valence-electron chi connectivity index (χ3n) is 5.78. The highest BCUT2D eigenvalue weighted by atomic mass is 32.2. The third kappa shape index (κ3) is 4.81. The van der Waals surface area contributed by atoms with E-state index in [1.165, 1.54) is 48.5 Å². The van der Waals surface area contributed by atoms with Crippen LogP contribution in [0.25, 0.3) is 21.9 Å². The molecule has 36 heavy (non-hydrogen) atoms. The van der Waals surface area contributed by atoms with Crippen molar-refractivity contribution in [2.24, 2.45) is 0 Å². The molecule has 1 aliphatic heterocycles. The fraction of sp³-hybridized carbons (Fsp3) is 0.208. The SMILES string of the molecule is O=C(COc1ccc(NS(=O)(=O)c2ccc3oc4cc([N+](=O)[O-])ccc4c3c2)cc1)N1CCOCC1. The number of rotatable bonds is 7. The lowest BCUT2D eigenvalue weighted by Gasteiger charge is -2.26. The van der Waals surface area contributed by atoms with Crippen molar-refractivity contribution in [3.8, 4) is 5.75 Å². The largest absolute Gasteiger partial charge is 0.484 e. The number of nitrogens with zero attached hydrogens (tertiary/aromatic N) is 2. The maximum Gasteiger partial charge on any atom is 0.273 e. The average Bonchev–Trinajstić information content (AvgIpc) is 3.25. The Labute approximate surface area is 205 Å². The number of sulfonamides is 1. The molecule has 1 amide bonds. The van der Waals surface area contributed by atoms with E-state index in [2.05, 4.69) is 4.72 Å². The Bertz CT molecular complexity index is 1560. The van der Waals surface area contributed by atoms with Gasteiger partial charge in [-0.2, -0.15) is 0 Å². The average molecular weight is 512 g/mol. The molecule has 1 fully saturated rings. The molecule has 1 N–H and O–H groups in total. The normalized spacial score (nSPS) is 14.2. The Kier molecular flexibility index (Phi) is 6.20. The van der Waals surface area contributed by atoms with E-state index in [0.717, 1.165) is 0 Å². The van der Waals surface area contributed by atoms with Crippen LogP contribution in [0.5, 0.6) is 5.75 Å². The van der Waals surface area contributed by atoms with Crippen molar-refractivity contribution in [2.45, 2.75) is 4.90 Å². The van der Waals surface area contributed by atoms with Gasteiger partial charge in [0.05, 0.1) is 29.1 Å². The van der Waals surface area contributed by atoms with Crippen molar-refractivity contribution in [1.82, 2.24) is 4.90 Å². The lowest BCUT2D eigenvalue weighted by Crippen LogP contribution is -2.42. The van der Waals surface area contributed by atoms with Crippen molar-refractivity contribution in [2.75, 3.05) is 37.6 Å². The van der Waals surface area contributed by atoms with Crippen LogP contribution in [-0.2, 0) is 19.6 Å². The van der Waals surface area contributed by atoms with Gasteiger partial charge in [0.2, 0.25) is 0 Å². The second kappa shape index (κ2) is 9.47. The minimum Gasteiger partial charge on any atom is -0.484 e. The van der Waals surface area contributed by atoms with E-state index in [1.807, 2.05) is 0 Å². The third-order valence-corrected chi connectivity index (χ3v) is 7.16. The first-order valence-corrected chi connectivity index (χ1v) is 12.5. The molecule has 0 bridgehead atoms. The van der Waals surface area contributed by atoms with Crippen LogP contribution in [0.4, 0.5) is 11.4 Å². The van der Waals surface area contributed by atoms with Gasteiger partial charge < -0.3 is 18.8 Å². The molecule has 1 saturated heterocycles. The summed E-state index contributed by atoms with van der Waals surface area (Å²) in [5.74, 6) is 0.291. The molecule has 11 nitrogen and oxygen atoms in total. The van der Waals surface area contributed by atoms with Gasteiger partial charge in [-0.15, -0.1) is 0 Å². The standard InChI is InChI=1S/C24H21N3O8S/c28-24(26-9-11-33-12-10-26)15-34-18-4-1-16(2-5-18)25-36(31,32)19-6-8-22-21(14-19)20-7-3-17(27(29)30)13-23(20)35-22/h1-8,13-14,25H,9-12,15H2. The van der Waals surface area contributed by atoms with E-state index in [1.54, 1.807) is 17.0 Å². The van der Waals surface area contributed by atoms with Crippen LogP contribution in [-0.4, -0.2) is 57.1 Å². The zero-order chi connectivity index (χ0) is 25.3. The number of nitro benzene ring substituents is 1. The van der Waals surface area contributed by atoms with Crippen LogP contribution in [0.1, 0.15) is 0 Å². The molecule has 186 valence electrons. The van der Waals surface area contributed by atoms with Gasteiger partial charge in [0, 0.05) is 35.6 Å². The molecule has 12 heteroatoms. The Morgan fingerprint density at radius 1 is 1.00 bits per heavy atom. The van der Waals surface area contributed by atoms with Crippen molar-refractivity contribution in [1.29, 1.82) is 0 Å². The summed E-state index contributed by atoms with van der Waals surface area (Å²) in [6, 6.07) is 14.8. The summed E-state index contributed by atoms with van der Waals surface area (Å²) >= 11 is 0. The van der Waals surface area contributed by atoms with E-state index in [-0.39, 0.29) is 23.1 Å². The molecular weight excluding hydrogens is 490 g/mol. The van der Waals surface area contributed by atoms with Gasteiger partial charge in [-0.3, -0.25) is 19.6 Å². The number of ether oxygens (including phenoxy) is 2. The van der Waals surface area contributed by atoms with E-state index in [9.17, 15) is 23.3 Å². The minimum absolute atomic E-state index is 0.00693. The predicted octanol–water partition coefficient (Wildman–Crippen LogP) is 3.53. The fourth-order valence-electron chi connectivity index (χ4n) is 3.91.